The van der Waals surface area contributed by atoms with Gasteiger partial charge in [0.1, 0.15) is 29.1 Å². The third kappa shape index (κ3) is 7.35. The summed E-state index contributed by atoms with van der Waals surface area (Å²) in [4.78, 5) is 16.1. The number of hydrogen-bond acceptors (Lipinski definition) is 8. The van der Waals surface area contributed by atoms with Crippen LogP contribution in [0.3, 0.4) is 0 Å². The number of nitriles is 1. The summed E-state index contributed by atoms with van der Waals surface area (Å²) >= 11 is 0.819. The van der Waals surface area contributed by atoms with Gasteiger partial charge in [-0.05, 0) is 40.6 Å². The van der Waals surface area contributed by atoms with Gasteiger partial charge in [0.2, 0.25) is 0 Å². The summed E-state index contributed by atoms with van der Waals surface area (Å²) < 4.78 is 24.3. The average Bonchev–Trinajstić information content (AvgIpc) is 2.96. The van der Waals surface area contributed by atoms with Crippen molar-refractivity contribution in [1.82, 2.24) is 0 Å². The van der Waals surface area contributed by atoms with E-state index >= 15 is 0 Å². The molecule has 0 saturated carbocycles. The number of benzene rings is 3. The topological polar surface area (TPSA) is 127 Å². The number of ether oxygens (including phenoxy) is 4. The predicted molar refractivity (Wildman–Crippen MR) is 142 cm³/mol. The second-order valence-corrected chi connectivity index (χ2v) is 9.33. The molecule has 1 aliphatic rings. The van der Waals surface area contributed by atoms with Crippen LogP contribution in [0.1, 0.15) is 21.5 Å². The number of azide groups is 1. The number of rotatable bonds is 11. The van der Waals surface area contributed by atoms with Gasteiger partial charge in [-0.2, -0.15) is 5.26 Å². The van der Waals surface area contributed by atoms with Crippen LogP contribution in [-0.2, 0) is 32.2 Å². The molecule has 1 aliphatic heterocycles. The fourth-order valence-corrected chi connectivity index (χ4v) is 4.74. The first kappa shape index (κ1) is 27.2. The van der Waals surface area contributed by atoms with E-state index in [1.165, 1.54) is 0 Å². The highest BCUT2D eigenvalue weighted by molar-refractivity contribution is 8.04. The molecule has 0 radical (unpaired) electrons. The minimum absolute atomic E-state index is 0.0539. The lowest BCUT2D eigenvalue weighted by Crippen LogP contribution is -2.59. The first-order valence-electron chi connectivity index (χ1n) is 12.0. The van der Waals surface area contributed by atoms with Gasteiger partial charge in [0.25, 0.3) is 0 Å². The molecule has 3 aromatic rings. The fraction of sp³-hybridized carbons (Fsp3) is 0.286. The molecule has 194 valence electrons. The van der Waals surface area contributed by atoms with E-state index in [9.17, 15) is 15.6 Å². The van der Waals surface area contributed by atoms with Crippen molar-refractivity contribution in [2.75, 3.05) is 6.61 Å². The predicted octanol–water partition coefficient (Wildman–Crippen LogP) is 5.63. The quantitative estimate of drug-likeness (QED) is 0.103. The lowest BCUT2D eigenvalue weighted by Gasteiger charge is -2.43. The Morgan fingerprint density at radius 3 is 2.16 bits per heavy atom. The summed E-state index contributed by atoms with van der Waals surface area (Å²) in [6.45, 7) is 0.535. The molecule has 3 aromatic carbocycles. The maximum absolute atomic E-state index is 13.1. The van der Waals surface area contributed by atoms with Crippen LogP contribution in [0.4, 0.5) is 0 Å². The highest BCUT2D eigenvalue weighted by atomic mass is 32.2. The molecule has 5 atom stereocenters. The molecule has 1 saturated heterocycles. The van der Waals surface area contributed by atoms with E-state index in [2.05, 4.69) is 10.0 Å². The van der Waals surface area contributed by atoms with Gasteiger partial charge >= 0.3 is 5.97 Å². The number of nitrogens with zero attached hydrogens (tertiary/aromatic N) is 4. The Morgan fingerprint density at radius 2 is 1.55 bits per heavy atom. The zero-order valence-electron chi connectivity index (χ0n) is 20.4. The van der Waals surface area contributed by atoms with Gasteiger partial charge in [-0.15, -0.1) is 0 Å². The number of carbonyl (C=O) groups is 1. The van der Waals surface area contributed by atoms with Gasteiger partial charge < -0.3 is 18.9 Å². The maximum atomic E-state index is 13.1. The van der Waals surface area contributed by atoms with Crippen molar-refractivity contribution in [3.8, 4) is 5.40 Å². The van der Waals surface area contributed by atoms with Crippen LogP contribution in [0.5, 0.6) is 0 Å². The van der Waals surface area contributed by atoms with Crippen molar-refractivity contribution in [3.05, 3.63) is 118 Å². The van der Waals surface area contributed by atoms with Crippen molar-refractivity contribution >= 4 is 17.7 Å². The monoisotopic (exact) mass is 530 g/mol. The Kier molecular flexibility index (Phi) is 10.2. The normalized spacial score (nSPS) is 22.6. The Balaban J connectivity index is 1.62. The molecule has 0 unspecified atom stereocenters. The Bertz CT molecular complexity index is 1250. The van der Waals surface area contributed by atoms with Crippen LogP contribution in [0.2, 0.25) is 0 Å². The largest absolute Gasteiger partial charge is 0.453 e. The van der Waals surface area contributed by atoms with Crippen molar-refractivity contribution in [2.45, 2.75) is 43.0 Å². The Morgan fingerprint density at radius 1 is 0.947 bits per heavy atom. The standard InChI is InChI=1S/C28H26N4O5S/c29-19-38-28-24(31-32-30)26(35-17-21-12-6-2-7-13-21)25(37-27(33)22-14-8-3-9-15-22)23(36-28)18-34-16-20-10-4-1-5-11-20/h1-15,23-26,28H,16-18H2/t23-,24-,25-,26-,28+/m1/s1. The molecular formula is C28H26N4O5S. The van der Waals surface area contributed by atoms with Gasteiger partial charge in [0.15, 0.2) is 6.10 Å². The van der Waals surface area contributed by atoms with Gasteiger partial charge in [-0.3, -0.25) is 0 Å². The number of hydrogen-bond donors (Lipinski definition) is 0. The summed E-state index contributed by atoms with van der Waals surface area (Å²) in [5, 5.41) is 15.3. The molecule has 0 amide bonds. The minimum Gasteiger partial charge on any atom is -0.453 e. The first-order valence-corrected chi connectivity index (χ1v) is 12.8. The molecule has 9 nitrogen and oxygen atoms in total. The first-order chi connectivity index (χ1) is 18.7. The summed E-state index contributed by atoms with van der Waals surface area (Å²) in [5.41, 5.74) is 10.7. The summed E-state index contributed by atoms with van der Waals surface area (Å²) in [6.07, 6.45) is -2.67. The molecule has 38 heavy (non-hydrogen) atoms. The van der Waals surface area contributed by atoms with Crippen LogP contribution in [0, 0.1) is 10.7 Å². The van der Waals surface area contributed by atoms with E-state index < -0.39 is 35.8 Å². The highest BCUT2D eigenvalue weighted by Gasteiger charge is 2.49. The Labute approximate surface area is 224 Å². The van der Waals surface area contributed by atoms with Crippen LogP contribution in [0.15, 0.2) is 96.1 Å². The molecule has 4 rings (SSSR count). The number of thioether (sulfide) groups is 1. The van der Waals surface area contributed by atoms with Gasteiger partial charge in [0.05, 0.1) is 25.4 Å². The smallest absolute Gasteiger partial charge is 0.338 e. The van der Waals surface area contributed by atoms with E-state index in [-0.39, 0.29) is 13.2 Å². The van der Waals surface area contributed by atoms with Crippen LogP contribution in [-0.4, -0.2) is 42.4 Å². The molecule has 1 heterocycles. The van der Waals surface area contributed by atoms with E-state index in [1.807, 2.05) is 66.1 Å². The van der Waals surface area contributed by atoms with Crippen LogP contribution in [0.25, 0.3) is 10.4 Å². The summed E-state index contributed by atoms with van der Waals surface area (Å²) in [6, 6.07) is 26.7. The Hall–Kier alpha value is -3.84. The lowest BCUT2D eigenvalue weighted by molar-refractivity contribution is -0.191. The SMILES string of the molecule is N#CS[C@@H]1O[C@H](COCc2ccccc2)[C@@H](OC(=O)c2ccccc2)[C@H](OCc2ccccc2)[C@H]1N=[N+]=[N-]. The van der Waals surface area contributed by atoms with Crippen LogP contribution < -0.4 is 0 Å². The van der Waals surface area contributed by atoms with Gasteiger partial charge in [-0.25, -0.2) is 4.79 Å². The third-order valence-electron chi connectivity index (χ3n) is 5.90. The molecule has 0 N–H and O–H groups in total. The second kappa shape index (κ2) is 14.2. The summed E-state index contributed by atoms with van der Waals surface area (Å²) in [7, 11) is 0. The van der Waals surface area contributed by atoms with E-state index in [1.54, 1.807) is 30.3 Å². The minimum atomic E-state index is -0.978. The van der Waals surface area contributed by atoms with Crippen molar-refractivity contribution in [2.24, 2.45) is 5.11 Å². The molecule has 0 bridgehead atoms. The van der Waals surface area contributed by atoms with Crippen molar-refractivity contribution < 1.29 is 23.7 Å². The molecule has 0 spiro atoms. The van der Waals surface area contributed by atoms with E-state index in [0.717, 1.165) is 22.9 Å². The number of thiocyanates is 1. The zero-order valence-corrected chi connectivity index (χ0v) is 21.2. The fourth-order valence-electron chi connectivity index (χ4n) is 4.09. The summed E-state index contributed by atoms with van der Waals surface area (Å²) in [5.74, 6) is -0.577. The lowest BCUT2D eigenvalue weighted by atomic mass is 9.97. The zero-order chi connectivity index (χ0) is 26.6. The number of carbonyl (C=O) groups excluding carboxylic acids is 1. The van der Waals surface area contributed by atoms with E-state index in [0.29, 0.717) is 12.2 Å². The van der Waals surface area contributed by atoms with Crippen LogP contribution >= 0.6 is 11.8 Å². The van der Waals surface area contributed by atoms with Crippen molar-refractivity contribution in [1.29, 1.82) is 5.26 Å². The molecule has 1 fully saturated rings. The van der Waals surface area contributed by atoms with Gasteiger partial charge in [0, 0.05) is 4.91 Å². The molecular weight excluding hydrogens is 504 g/mol. The van der Waals surface area contributed by atoms with Crippen molar-refractivity contribution in [3.63, 3.8) is 0 Å². The maximum Gasteiger partial charge on any atom is 0.338 e. The molecule has 10 heteroatoms. The second-order valence-electron chi connectivity index (χ2n) is 8.45. The van der Waals surface area contributed by atoms with Gasteiger partial charge in [-0.1, -0.05) is 84.0 Å². The molecule has 0 aliphatic carbocycles. The third-order valence-corrected chi connectivity index (χ3v) is 6.63. The average molecular weight is 531 g/mol. The highest BCUT2D eigenvalue weighted by Crippen LogP contribution is 2.34. The number of esters is 1. The molecule has 0 aromatic heterocycles. The van der Waals surface area contributed by atoms with E-state index in [4.69, 9.17) is 18.9 Å².